The van der Waals surface area contributed by atoms with Crippen molar-refractivity contribution in [3.05, 3.63) is 16.1 Å². The Bertz CT molecular complexity index is 370. The minimum atomic E-state index is -0.227. The predicted octanol–water partition coefficient (Wildman–Crippen LogP) is 0.900. The Kier molecular flexibility index (Phi) is 8.47. The summed E-state index contributed by atoms with van der Waals surface area (Å²) in [5, 5.41) is 8.86. The fourth-order valence-corrected chi connectivity index (χ4v) is 2.22. The lowest BCUT2D eigenvalue weighted by Gasteiger charge is -2.22. The Morgan fingerprint density at radius 3 is 3.00 bits per heavy atom. The van der Waals surface area contributed by atoms with Gasteiger partial charge in [0.2, 0.25) is 5.91 Å². The first-order valence-electron chi connectivity index (χ1n) is 5.25. The molecule has 2 N–H and O–H groups in total. The van der Waals surface area contributed by atoms with E-state index in [-0.39, 0.29) is 36.8 Å². The molecular weight excluding hydrogens is 297 g/mol. The third kappa shape index (κ3) is 5.07. The van der Waals surface area contributed by atoms with Crippen LogP contribution in [0.5, 0.6) is 0 Å². The van der Waals surface area contributed by atoms with Gasteiger partial charge in [0, 0.05) is 17.6 Å². The molecule has 1 aromatic heterocycles. The maximum atomic E-state index is 11.7. The molecule has 1 saturated heterocycles. The van der Waals surface area contributed by atoms with Gasteiger partial charge in [0.25, 0.3) is 0 Å². The van der Waals surface area contributed by atoms with Gasteiger partial charge in [-0.15, -0.1) is 36.2 Å². The number of aromatic nitrogens is 1. The highest BCUT2D eigenvalue weighted by atomic mass is 35.5. The number of nitrogens with zero attached hydrogens (tertiary/aromatic N) is 1. The second-order valence-corrected chi connectivity index (χ2v) is 4.62. The lowest BCUT2D eigenvalue weighted by molar-refractivity contribution is -0.126. The molecule has 2 rings (SSSR count). The van der Waals surface area contributed by atoms with Crippen LogP contribution in [-0.4, -0.2) is 36.7 Å². The third-order valence-corrected chi connectivity index (χ3v) is 3.29. The number of ether oxygens (including phenoxy) is 1. The van der Waals surface area contributed by atoms with Gasteiger partial charge in [0.1, 0.15) is 11.0 Å². The zero-order chi connectivity index (χ0) is 11.4. The van der Waals surface area contributed by atoms with Crippen molar-refractivity contribution in [3.8, 4) is 0 Å². The molecule has 1 aliphatic rings. The van der Waals surface area contributed by atoms with E-state index in [4.69, 9.17) is 4.74 Å². The summed E-state index contributed by atoms with van der Waals surface area (Å²) in [5.74, 6) is -0.0208. The van der Waals surface area contributed by atoms with Crippen LogP contribution in [0.1, 0.15) is 10.7 Å². The third-order valence-electron chi connectivity index (χ3n) is 2.32. The molecular formula is C10H17Cl2N3O2S. The van der Waals surface area contributed by atoms with Crippen LogP contribution in [0.4, 0.5) is 0 Å². The van der Waals surface area contributed by atoms with Crippen LogP contribution in [0.2, 0.25) is 0 Å². The van der Waals surface area contributed by atoms with Crippen molar-refractivity contribution in [2.45, 2.75) is 19.5 Å². The average molecular weight is 314 g/mol. The van der Waals surface area contributed by atoms with Crippen LogP contribution in [0.15, 0.2) is 5.38 Å². The smallest absolute Gasteiger partial charge is 0.239 e. The minimum absolute atomic E-state index is 0. The Morgan fingerprint density at radius 2 is 2.44 bits per heavy atom. The van der Waals surface area contributed by atoms with Gasteiger partial charge in [-0.25, -0.2) is 4.98 Å². The maximum absolute atomic E-state index is 11.7. The predicted molar refractivity (Wildman–Crippen MR) is 75.8 cm³/mol. The summed E-state index contributed by atoms with van der Waals surface area (Å²) in [4.78, 5) is 16.0. The first-order chi connectivity index (χ1) is 7.75. The number of carbonyl (C=O) groups is 1. The second kappa shape index (κ2) is 8.66. The summed E-state index contributed by atoms with van der Waals surface area (Å²) in [5.41, 5.74) is 0.994. The molecule has 1 unspecified atom stereocenters. The standard InChI is InChI=1S/C10H15N3O2S.2ClH/c1-7-6-16-9(13-7)4-12-10(14)8-5-15-3-2-11-8;;/h6,8,11H,2-5H2,1H3,(H,12,14);2*1H. The first-order valence-corrected chi connectivity index (χ1v) is 6.13. The molecule has 0 bridgehead atoms. The molecule has 1 aromatic rings. The molecule has 18 heavy (non-hydrogen) atoms. The fourth-order valence-electron chi connectivity index (χ4n) is 1.50. The molecule has 0 spiro atoms. The Hall–Kier alpha value is -0.400. The number of amides is 1. The first kappa shape index (κ1) is 17.6. The molecule has 5 nitrogen and oxygen atoms in total. The van der Waals surface area contributed by atoms with Gasteiger partial charge in [0.05, 0.1) is 19.8 Å². The number of morpholine rings is 1. The van der Waals surface area contributed by atoms with Gasteiger partial charge < -0.3 is 15.4 Å². The summed E-state index contributed by atoms with van der Waals surface area (Å²) in [6, 6.07) is -0.227. The van der Waals surface area contributed by atoms with Crippen LogP contribution in [0.25, 0.3) is 0 Å². The average Bonchev–Trinajstić information content (AvgIpc) is 2.73. The largest absolute Gasteiger partial charge is 0.378 e. The SMILES string of the molecule is Cc1csc(CNC(=O)C2COCCN2)n1.Cl.Cl. The molecule has 0 saturated carbocycles. The van der Waals surface area contributed by atoms with E-state index in [0.29, 0.717) is 19.8 Å². The van der Waals surface area contributed by atoms with E-state index in [1.54, 1.807) is 11.3 Å². The van der Waals surface area contributed by atoms with Gasteiger partial charge in [-0.3, -0.25) is 4.79 Å². The Labute approximate surface area is 123 Å². The van der Waals surface area contributed by atoms with Crippen LogP contribution in [-0.2, 0) is 16.1 Å². The number of carbonyl (C=O) groups excluding carboxylic acids is 1. The second-order valence-electron chi connectivity index (χ2n) is 3.68. The molecule has 1 fully saturated rings. The van der Waals surface area contributed by atoms with Crippen LogP contribution < -0.4 is 10.6 Å². The minimum Gasteiger partial charge on any atom is -0.378 e. The van der Waals surface area contributed by atoms with E-state index in [2.05, 4.69) is 15.6 Å². The molecule has 0 aromatic carbocycles. The highest BCUT2D eigenvalue weighted by molar-refractivity contribution is 7.09. The molecule has 104 valence electrons. The molecule has 2 heterocycles. The van der Waals surface area contributed by atoms with E-state index in [0.717, 1.165) is 17.2 Å². The number of aryl methyl sites for hydroxylation is 1. The lowest BCUT2D eigenvalue weighted by atomic mass is 10.2. The molecule has 1 atom stereocenters. The summed E-state index contributed by atoms with van der Waals surface area (Å²) < 4.78 is 5.22. The van der Waals surface area contributed by atoms with E-state index in [1.807, 2.05) is 12.3 Å². The number of thiazole rings is 1. The number of nitrogens with one attached hydrogen (secondary N) is 2. The molecule has 0 aliphatic carbocycles. The Morgan fingerprint density at radius 1 is 1.67 bits per heavy atom. The van der Waals surface area contributed by atoms with Crippen molar-refractivity contribution in [2.75, 3.05) is 19.8 Å². The summed E-state index contributed by atoms with van der Waals surface area (Å²) >= 11 is 1.56. The van der Waals surface area contributed by atoms with E-state index >= 15 is 0 Å². The lowest BCUT2D eigenvalue weighted by Crippen LogP contribution is -2.51. The van der Waals surface area contributed by atoms with Crippen molar-refractivity contribution in [3.63, 3.8) is 0 Å². The zero-order valence-electron chi connectivity index (χ0n) is 9.97. The van der Waals surface area contributed by atoms with Gasteiger partial charge in [-0.1, -0.05) is 0 Å². The zero-order valence-corrected chi connectivity index (χ0v) is 12.4. The Balaban J connectivity index is 0.00000144. The van der Waals surface area contributed by atoms with Gasteiger partial charge >= 0.3 is 0 Å². The highest BCUT2D eigenvalue weighted by Crippen LogP contribution is 2.07. The van der Waals surface area contributed by atoms with E-state index < -0.39 is 0 Å². The van der Waals surface area contributed by atoms with E-state index in [1.165, 1.54) is 0 Å². The van der Waals surface area contributed by atoms with Crippen molar-refractivity contribution in [1.29, 1.82) is 0 Å². The van der Waals surface area contributed by atoms with Gasteiger partial charge in [-0.2, -0.15) is 0 Å². The van der Waals surface area contributed by atoms with Gasteiger partial charge in [0.15, 0.2) is 0 Å². The summed E-state index contributed by atoms with van der Waals surface area (Å²) in [6.45, 7) is 4.29. The number of halogens is 2. The summed E-state index contributed by atoms with van der Waals surface area (Å²) in [6.07, 6.45) is 0. The number of hydrogen-bond acceptors (Lipinski definition) is 5. The van der Waals surface area contributed by atoms with Crippen molar-refractivity contribution >= 4 is 42.1 Å². The van der Waals surface area contributed by atoms with Gasteiger partial charge in [-0.05, 0) is 6.92 Å². The quantitative estimate of drug-likeness (QED) is 0.870. The van der Waals surface area contributed by atoms with Crippen LogP contribution >= 0.6 is 36.2 Å². The molecule has 0 radical (unpaired) electrons. The monoisotopic (exact) mass is 313 g/mol. The van der Waals surface area contributed by atoms with E-state index in [9.17, 15) is 4.79 Å². The summed E-state index contributed by atoms with van der Waals surface area (Å²) in [7, 11) is 0. The topological polar surface area (TPSA) is 63.2 Å². The number of rotatable bonds is 3. The van der Waals surface area contributed by atoms with Crippen LogP contribution in [0, 0.1) is 6.92 Å². The highest BCUT2D eigenvalue weighted by Gasteiger charge is 2.20. The molecule has 1 aliphatic heterocycles. The van der Waals surface area contributed by atoms with Crippen LogP contribution in [0.3, 0.4) is 0 Å². The molecule has 8 heteroatoms. The van der Waals surface area contributed by atoms with Crippen molar-refractivity contribution < 1.29 is 9.53 Å². The fraction of sp³-hybridized carbons (Fsp3) is 0.600. The van der Waals surface area contributed by atoms with Crippen molar-refractivity contribution in [2.24, 2.45) is 0 Å². The molecule has 1 amide bonds. The normalized spacial score (nSPS) is 18.4. The number of hydrogen-bond donors (Lipinski definition) is 2. The maximum Gasteiger partial charge on any atom is 0.239 e. The van der Waals surface area contributed by atoms with Crippen molar-refractivity contribution in [1.82, 2.24) is 15.6 Å².